The van der Waals surface area contributed by atoms with Crippen molar-refractivity contribution in [3.05, 3.63) is 0 Å². The Morgan fingerprint density at radius 3 is 1.32 bits per heavy atom. The first kappa shape index (κ1) is 27.4. The van der Waals surface area contributed by atoms with E-state index in [1.54, 1.807) is 0 Å². The van der Waals surface area contributed by atoms with E-state index in [-0.39, 0.29) is 37.5 Å². The molecule has 0 aromatic heterocycles. The van der Waals surface area contributed by atoms with Crippen LogP contribution in [0.25, 0.3) is 0 Å². The number of hydrogen-bond donors (Lipinski definition) is 2. The molecule has 0 rings (SSSR count). The minimum atomic E-state index is -0.285. The van der Waals surface area contributed by atoms with Crippen LogP contribution in [-0.4, -0.2) is 22.9 Å². The van der Waals surface area contributed by atoms with Crippen LogP contribution in [0.4, 0.5) is 0 Å². The Morgan fingerprint density at radius 1 is 0.591 bits per heavy atom. The third kappa shape index (κ3) is 22.8. The van der Waals surface area contributed by atoms with Crippen molar-refractivity contribution in [2.24, 2.45) is 0 Å². The van der Waals surface area contributed by atoms with E-state index in [9.17, 15) is 5.11 Å². The second-order valence-corrected chi connectivity index (χ2v) is 6.20. The maximum Gasteiger partial charge on any atom is 0.0562 e. The van der Waals surface area contributed by atoms with Crippen molar-refractivity contribution in [2.75, 3.05) is 6.61 Å². The molecular formula is C18H40Cl2O2. The van der Waals surface area contributed by atoms with Crippen molar-refractivity contribution >= 4 is 24.8 Å². The molecule has 0 fully saturated rings. The van der Waals surface area contributed by atoms with E-state index < -0.39 is 0 Å². The van der Waals surface area contributed by atoms with Gasteiger partial charge in [-0.1, -0.05) is 90.4 Å². The van der Waals surface area contributed by atoms with Crippen LogP contribution in [0.2, 0.25) is 0 Å². The van der Waals surface area contributed by atoms with Crippen LogP contribution >= 0.6 is 24.8 Å². The van der Waals surface area contributed by atoms with Gasteiger partial charge in [0.2, 0.25) is 0 Å². The molecule has 0 aromatic carbocycles. The maximum atomic E-state index is 9.47. The largest absolute Gasteiger partial charge is 0.396 e. The first-order chi connectivity index (χ1) is 9.81. The molecule has 4 heteroatoms. The number of halogens is 2. The fraction of sp³-hybridized carbons (Fsp3) is 1.00. The zero-order valence-corrected chi connectivity index (χ0v) is 16.2. The van der Waals surface area contributed by atoms with Gasteiger partial charge in [-0.25, -0.2) is 0 Å². The number of hydrogen-bond acceptors (Lipinski definition) is 2. The zero-order chi connectivity index (χ0) is 14.9. The van der Waals surface area contributed by atoms with Gasteiger partial charge in [-0.3, -0.25) is 0 Å². The summed E-state index contributed by atoms with van der Waals surface area (Å²) in [5.74, 6) is 0. The molecule has 0 spiro atoms. The molecule has 138 valence electrons. The minimum Gasteiger partial charge on any atom is -0.396 e. The fourth-order valence-electron chi connectivity index (χ4n) is 2.69. The molecule has 0 amide bonds. The molecule has 22 heavy (non-hydrogen) atoms. The Hall–Kier alpha value is 0.500. The Morgan fingerprint density at radius 2 is 0.955 bits per heavy atom. The van der Waals surface area contributed by atoms with Crippen LogP contribution in [0.1, 0.15) is 103 Å². The van der Waals surface area contributed by atoms with Gasteiger partial charge in [0.25, 0.3) is 0 Å². The number of aliphatic hydroxyl groups excluding tert-OH is 2. The van der Waals surface area contributed by atoms with Crippen molar-refractivity contribution < 1.29 is 10.2 Å². The van der Waals surface area contributed by atoms with Gasteiger partial charge in [0.05, 0.1) is 6.10 Å². The monoisotopic (exact) mass is 358 g/mol. The molecule has 0 heterocycles. The molecule has 0 aliphatic heterocycles. The Kier molecular flexibility index (Phi) is 29.5. The first-order valence-corrected chi connectivity index (χ1v) is 9.10. The van der Waals surface area contributed by atoms with Crippen molar-refractivity contribution in [2.45, 2.75) is 109 Å². The van der Waals surface area contributed by atoms with Gasteiger partial charge >= 0.3 is 0 Å². The fourth-order valence-corrected chi connectivity index (χ4v) is 2.69. The molecule has 1 atom stereocenters. The summed E-state index contributed by atoms with van der Waals surface area (Å²) in [6.07, 6.45) is 18.8. The van der Waals surface area contributed by atoms with E-state index in [2.05, 4.69) is 6.92 Å². The summed E-state index contributed by atoms with van der Waals surface area (Å²) < 4.78 is 0. The molecule has 0 aliphatic carbocycles. The van der Waals surface area contributed by atoms with Crippen LogP contribution in [0.5, 0.6) is 0 Å². The second-order valence-electron chi connectivity index (χ2n) is 6.20. The zero-order valence-electron chi connectivity index (χ0n) is 14.6. The minimum absolute atomic E-state index is 0. The third-order valence-corrected chi connectivity index (χ3v) is 4.10. The average molecular weight is 359 g/mol. The predicted octanol–water partition coefficient (Wildman–Crippen LogP) is 6.05. The average Bonchev–Trinajstić information content (AvgIpc) is 2.44. The molecule has 1 unspecified atom stereocenters. The molecule has 0 bridgehead atoms. The lowest BCUT2D eigenvalue weighted by molar-refractivity contribution is 0.122. The molecule has 0 radical (unpaired) electrons. The second kappa shape index (κ2) is 23.8. The number of unbranched alkanes of at least 4 members (excludes halogenated alkanes) is 12. The predicted molar refractivity (Wildman–Crippen MR) is 103 cm³/mol. The molecule has 2 nitrogen and oxygen atoms in total. The summed E-state index contributed by atoms with van der Waals surface area (Å²) in [6, 6.07) is 0. The SMILES string of the molecule is CCCCCCCCCCCCCCCC(O)CCO.Cl.Cl. The highest BCUT2D eigenvalue weighted by Gasteiger charge is 2.02. The highest BCUT2D eigenvalue weighted by molar-refractivity contribution is 5.85. The molecule has 0 saturated carbocycles. The Balaban J connectivity index is -0.00000180. The lowest BCUT2D eigenvalue weighted by Gasteiger charge is -2.08. The van der Waals surface area contributed by atoms with Gasteiger partial charge < -0.3 is 10.2 Å². The summed E-state index contributed by atoms with van der Waals surface area (Å²) in [7, 11) is 0. The summed E-state index contributed by atoms with van der Waals surface area (Å²) in [5, 5.41) is 18.1. The van der Waals surface area contributed by atoms with Crippen LogP contribution < -0.4 is 0 Å². The quantitative estimate of drug-likeness (QED) is 0.329. The van der Waals surface area contributed by atoms with E-state index in [1.165, 1.54) is 77.0 Å². The lowest BCUT2D eigenvalue weighted by atomic mass is 10.0. The van der Waals surface area contributed by atoms with Gasteiger partial charge in [-0.05, 0) is 12.8 Å². The highest BCUT2D eigenvalue weighted by atomic mass is 35.5. The van der Waals surface area contributed by atoms with Crippen molar-refractivity contribution in [1.29, 1.82) is 0 Å². The van der Waals surface area contributed by atoms with E-state index >= 15 is 0 Å². The standard InChI is InChI=1S/C18H38O2.2ClH/c1-2-3-4-5-6-7-8-9-10-11-12-13-14-15-18(20)16-17-19;;/h18-20H,2-17H2,1H3;2*1H. The van der Waals surface area contributed by atoms with Gasteiger partial charge in [0.1, 0.15) is 0 Å². The molecule has 0 aliphatic rings. The summed E-state index contributed by atoms with van der Waals surface area (Å²) >= 11 is 0. The normalized spacial score (nSPS) is 11.6. The van der Waals surface area contributed by atoms with E-state index in [0.29, 0.717) is 6.42 Å². The highest BCUT2D eigenvalue weighted by Crippen LogP contribution is 2.13. The molecule has 2 N–H and O–H groups in total. The van der Waals surface area contributed by atoms with Crippen LogP contribution in [0, 0.1) is 0 Å². The van der Waals surface area contributed by atoms with E-state index in [0.717, 1.165) is 12.8 Å². The molecular weight excluding hydrogens is 319 g/mol. The van der Waals surface area contributed by atoms with Gasteiger partial charge in [-0.2, -0.15) is 0 Å². The van der Waals surface area contributed by atoms with Crippen LogP contribution in [0.15, 0.2) is 0 Å². The Bertz CT molecular complexity index is 180. The van der Waals surface area contributed by atoms with Crippen molar-refractivity contribution in [3.8, 4) is 0 Å². The number of aliphatic hydroxyl groups is 2. The smallest absolute Gasteiger partial charge is 0.0562 e. The first-order valence-electron chi connectivity index (χ1n) is 9.10. The molecule has 0 aromatic rings. The van der Waals surface area contributed by atoms with Crippen LogP contribution in [0.3, 0.4) is 0 Å². The van der Waals surface area contributed by atoms with Crippen LogP contribution in [-0.2, 0) is 0 Å². The lowest BCUT2D eigenvalue weighted by Crippen LogP contribution is -2.08. The summed E-state index contributed by atoms with van der Waals surface area (Å²) in [4.78, 5) is 0. The summed E-state index contributed by atoms with van der Waals surface area (Å²) in [6.45, 7) is 2.38. The summed E-state index contributed by atoms with van der Waals surface area (Å²) in [5.41, 5.74) is 0. The Labute approximate surface area is 151 Å². The maximum absolute atomic E-state index is 9.47. The van der Waals surface area contributed by atoms with E-state index in [4.69, 9.17) is 5.11 Å². The number of rotatable bonds is 16. The van der Waals surface area contributed by atoms with Crippen molar-refractivity contribution in [3.63, 3.8) is 0 Å². The van der Waals surface area contributed by atoms with Gasteiger partial charge in [-0.15, -0.1) is 24.8 Å². The molecule has 0 saturated heterocycles. The van der Waals surface area contributed by atoms with Crippen molar-refractivity contribution in [1.82, 2.24) is 0 Å². The van der Waals surface area contributed by atoms with E-state index in [1.807, 2.05) is 0 Å². The van der Waals surface area contributed by atoms with Gasteiger partial charge in [0, 0.05) is 6.61 Å². The third-order valence-electron chi connectivity index (χ3n) is 4.10. The van der Waals surface area contributed by atoms with Gasteiger partial charge in [0.15, 0.2) is 0 Å². The topological polar surface area (TPSA) is 40.5 Å².